The number of pyridine rings is 2. The Hall–Kier alpha value is -3.99. The first kappa shape index (κ1) is 22.5. The largest absolute Gasteiger partial charge is 0.436 e. The fourth-order valence-corrected chi connectivity index (χ4v) is 5.47. The van der Waals surface area contributed by atoms with E-state index in [0.29, 0.717) is 5.71 Å². The second-order valence-corrected chi connectivity index (χ2v) is 10.2. The molecule has 0 fully saturated rings. The van der Waals surface area contributed by atoms with E-state index in [1.54, 1.807) is 6.20 Å². The Bertz CT molecular complexity index is 1770. The minimum absolute atomic E-state index is 0.208. The summed E-state index contributed by atoms with van der Waals surface area (Å²) < 4.78 is 11.2. The highest BCUT2D eigenvalue weighted by Crippen LogP contribution is 2.41. The SMILES string of the molecule is Cc1ccccc1-c1n(-c2c(C(C)C)nc3c(oc4ncccc43)c2C(C)C)c2ccccc2[n+]1C. The molecule has 6 aromatic rings. The molecule has 0 spiro atoms. The van der Waals surface area contributed by atoms with Gasteiger partial charge < -0.3 is 4.42 Å². The first-order valence-electron chi connectivity index (χ1n) is 12.6. The van der Waals surface area contributed by atoms with Crippen LogP contribution in [-0.4, -0.2) is 14.5 Å². The maximum atomic E-state index is 6.44. The fraction of sp³-hybridized carbons (Fsp3) is 0.258. The summed E-state index contributed by atoms with van der Waals surface area (Å²) >= 11 is 0. The van der Waals surface area contributed by atoms with Crippen molar-refractivity contribution in [3.05, 3.63) is 83.7 Å². The van der Waals surface area contributed by atoms with Crippen LogP contribution in [0.3, 0.4) is 0 Å². The van der Waals surface area contributed by atoms with Gasteiger partial charge in [0.05, 0.1) is 23.7 Å². The Labute approximate surface area is 211 Å². The van der Waals surface area contributed by atoms with Gasteiger partial charge in [-0.15, -0.1) is 0 Å². The lowest BCUT2D eigenvalue weighted by atomic mass is 9.94. The highest BCUT2D eigenvalue weighted by Gasteiger charge is 2.34. The third-order valence-corrected chi connectivity index (χ3v) is 7.16. The molecule has 6 rings (SSSR count). The van der Waals surface area contributed by atoms with Gasteiger partial charge in [-0.1, -0.05) is 58.0 Å². The molecule has 0 aliphatic heterocycles. The summed E-state index contributed by atoms with van der Waals surface area (Å²) in [4.78, 5) is 9.80. The maximum absolute atomic E-state index is 6.44. The highest BCUT2D eigenvalue weighted by molar-refractivity contribution is 6.03. The van der Waals surface area contributed by atoms with E-state index in [-0.39, 0.29) is 11.8 Å². The number of aromatic nitrogens is 4. The van der Waals surface area contributed by atoms with E-state index in [1.165, 1.54) is 16.6 Å². The molecule has 0 atom stereocenters. The zero-order valence-corrected chi connectivity index (χ0v) is 21.7. The van der Waals surface area contributed by atoms with Gasteiger partial charge in [0.15, 0.2) is 22.3 Å². The molecule has 0 radical (unpaired) electrons. The van der Waals surface area contributed by atoms with Crippen LogP contribution in [0.2, 0.25) is 0 Å². The van der Waals surface area contributed by atoms with Crippen molar-refractivity contribution < 1.29 is 8.98 Å². The molecular formula is C31H31N4O+. The number of furan rings is 1. The van der Waals surface area contributed by atoms with Gasteiger partial charge >= 0.3 is 0 Å². The van der Waals surface area contributed by atoms with Crippen molar-refractivity contribution in [3.63, 3.8) is 0 Å². The zero-order valence-electron chi connectivity index (χ0n) is 21.7. The first-order valence-corrected chi connectivity index (χ1v) is 12.6. The number of aryl methyl sites for hydroxylation is 2. The van der Waals surface area contributed by atoms with Crippen LogP contribution < -0.4 is 4.57 Å². The van der Waals surface area contributed by atoms with Gasteiger partial charge in [0.25, 0.3) is 5.82 Å². The van der Waals surface area contributed by atoms with Crippen LogP contribution >= 0.6 is 0 Å². The smallest absolute Gasteiger partial charge is 0.295 e. The van der Waals surface area contributed by atoms with Crippen molar-refractivity contribution in [3.8, 4) is 17.1 Å². The van der Waals surface area contributed by atoms with Crippen molar-refractivity contribution >= 4 is 33.2 Å². The van der Waals surface area contributed by atoms with Crippen molar-refractivity contribution in [2.45, 2.75) is 46.5 Å². The van der Waals surface area contributed by atoms with Crippen LogP contribution in [0.4, 0.5) is 0 Å². The van der Waals surface area contributed by atoms with Crippen LogP contribution in [0.15, 0.2) is 71.3 Å². The molecule has 5 nitrogen and oxygen atoms in total. The third-order valence-electron chi connectivity index (χ3n) is 7.16. The Morgan fingerprint density at radius 3 is 2.39 bits per heavy atom. The minimum atomic E-state index is 0.208. The van der Waals surface area contributed by atoms with E-state index in [9.17, 15) is 0 Å². The number of rotatable bonds is 4. The predicted molar refractivity (Wildman–Crippen MR) is 146 cm³/mol. The Morgan fingerprint density at radius 1 is 0.889 bits per heavy atom. The number of hydrogen-bond acceptors (Lipinski definition) is 3. The molecule has 2 aromatic carbocycles. The Balaban J connectivity index is 1.87. The number of nitrogens with zero attached hydrogens (tertiary/aromatic N) is 4. The second-order valence-electron chi connectivity index (χ2n) is 10.2. The molecule has 0 unspecified atom stereocenters. The lowest BCUT2D eigenvalue weighted by Crippen LogP contribution is -2.30. The van der Waals surface area contributed by atoms with E-state index in [1.807, 2.05) is 6.07 Å². The average Bonchev–Trinajstić information content (AvgIpc) is 3.38. The highest BCUT2D eigenvalue weighted by atomic mass is 16.3. The molecule has 0 aliphatic rings. The van der Waals surface area contributed by atoms with Crippen LogP contribution in [0.5, 0.6) is 0 Å². The van der Waals surface area contributed by atoms with Gasteiger partial charge in [-0.05, 0) is 54.7 Å². The molecule has 0 saturated carbocycles. The van der Waals surface area contributed by atoms with Gasteiger partial charge in [0.1, 0.15) is 5.52 Å². The number of benzene rings is 2. The summed E-state index contributed by atoms with van der Waals surface area (Å²) in [5.41, 5.74) is 10.5. The van der Waals surface area contributed by atoms with E-state index in [4.69, 9.17) is 9.40 Å². The average molecular weight is 476 g/mol. The molecule has 4 heterocycles. The quantitative estimate of drug-likeness (QED) is 0.250. The van der Waals surface area contributed by atoms with E-state index < -0.39 is 0 Å². The van der Waals surface area contributed by atoms with Gasteiger partial charge in [0, 0.05) is 11.8 Å². The standard InChI is InChI=1S/C31H31N4O/c1-18(2)25-28(26(19(3)4)33-27-22-14-11-17-32-30(22)36-29(25)27)35-24-16-10-9-15-23(24)34(6)31(35)21-13-8-7-12-20(21)5/h7-19H,1-6H3/q+1. The Morgan fingerprint density at radius 2 is 1.64 bits per heavy atom. The number of hydrogen-bond donors (Lipinski definition) is 0. The second kappa shape index (κ2) is 8.30. The summed E-state index contributed by atoms with van der Waals surface area (Å²) in [5, 5.41) is 0.963. The number of para-hydroxylation sites is 2. The molecule has 5 heteroatoms. The van der Waals surface area contributed by atoms with Crippen molar-refractivity contribution in [1.29, 1.82) is 0 Å². The van der Waals surface area contributed by atoms with Crippen LogP contribution in [0.1, 0.15) is 56.4 Å². The molecule has 0 bridgehead atoms. The monoisotopic (exact) mass is 475 g/mol. The van der Waals surface area contributed by atoms with Crippen molar-refractivity contribution in [1.82, 2.24) is 14.5 Å². The molecule has 180 valence electrons. The third kappa shape index (κ3) is 3.19. The van der Waals surface area contributed by atoms with Crippen LogP contribution in [0, 0.1) is 6.92 Å². The molecule has 36 heavy (non-hydrogen) atoms. The fourth-order valence-electron chi connectivity index (χ4n) is 5.47. The first-order chi connectivity index (χ1) is 17.4. The number of fused-ring (bicyclic) bond motifs is 4. The van der Waals surface area contributed by atoms with E-state index in [2.05, 4.69) is 110 Å². The molecule has 0 amide bonds. The summed E-state index contributed by atoms with van der Waals surface area (Å²) in [7, 11) is 2.15. The summed E-state index contributed by atoms with van der Waals surface area (Å²) in [6.45, 7) is 11.1. The van der Waals surface area contributed by atoms with Gasteiger partial charge in [-0.25, -0.2) is 14.5 Å². The summed E-state index contributed by atoms with van der Waals surface area (Å²) in [6, 6.07) is 21.2. The summed E-state index contributed by atoms with van der Waals surface area (Å²) in [6.07, 6.45) is 1.78. The minimum Gasteiger partial charge on any atom is -0.436 e. The van der Waals surface area contributed by atoms with Gasteiger partial charge in [-0.3, -0.25) is 0 Å². The number of imidazole rings is 1. The van der Waals surface area contributed by atoms with Crippen molar-refractivity contribution in [2.24, 2.45) is 7.05 Å². The topological polar surface area (TPSA) is 47.7 Å². The summed E-state index contributed by atoms with van der Waals surface area (Å²) in [5.74, 6) is 1.55. The molecule has 0 N–H and O–H groups in total. The van der Waals surface area contributed by atoms with Gasteiger partial charge in [0.2, 0.25) is 5.71 Å². The van der Waals surface area contributed by atoms with Crippen molar-refractivity contribution in [2.75, 3.05) is 0 Å². The van der Waals surface area contributed by atoms with Crippen LogP contribution in [-0.2, 0) is 7.05 Å². The molecule has 0 aliphatic carbocycles. The molecule has 4 aromatic heterocycles. The van der Waals surface area contributed by atoms with Gasteiger partial charge in [-0.2, -0.15) is 4.57 Å². The predicted octanol–water partition coefficient (Wildman–Crippen LogP) is 7.37. The molecule has 0 saturated heterocycles. The normalized spacial score (nSPS) is 12.1. The van der Waals surface area contributed by atoms with E-state index in [0.717, 1.165) is 44.8 Å². The van der Waals surface area contributed by atoms with Crippen LogP contribution in [0.25, 0.3) is 50.3 Å². The Kier molecular flexibility index (Phi) is 5.18. The zero-order chi connectivity index (χ0) is 25.1. The molecular weight excluding hydrogens is 444 g/mol. The lowest BCUT2D eigenvalue weighted by Gasteiger charge is -2.18. The lowest BCUT2D eigenvalue weighted by molar-refractivity contribution is -0.633. The van der Waals surface area contributed by atoms with E-state index >= 15 is 0 Å². The maximum Gasteiger partial charge on any atom is 0.295 e.